The molecule has 0 aliphatic heterocycles. The number of hydrogen-bond donors (Lipinski definition) is 0. The second kappa shape index (κ2) is 5.11. The average Bonchev–Trinajstić information content (AvgIpc) is 2.79. The van der Waals surface area contributed by atoms with Crippen molar-refractivity contribution in [1.82, 2.24) is 4.98 Å². The molecule has 1 aromatic heterocycles. The van der Waals surface area contributed by atoms with Gasteiger partial charge in [0.2, 0.25) is 0 Å². The Morgan fingerprint density at radius 3 is 2.61 bits per heavy atom. The van der Waals surface area contributed by atoms with Crippen molar-refractivity contribution in [1.29, 1.82) is 0 Å². The summed E-state index contributed by atoms with van der Waals surface area (Å²) in [6.45, 7) is 9.30. The highest BCUT2D eigenvalue weighted by molar-refractivity contribution is 7.09. The van der Waals surface area contributed by atoms with Crippen molar-refractivity contribution in [3.8, 4) is 5.75 Å². The third kappa shape index (κ3) is 3.10. The lowest BCUT2D eigenvalue weighted by atomic mass is 9.86. The first-order valence-corrected chi connectivity index (χ1v) is 6.97. The molecule has 0 radical (unpaired) electrons. The van der Waals surface area contributed by atoms with Crippen molar-refractivity contribution in [2.45, 2.75) is 39.7 Å². The van der Waals surface area contributed by atoms with Crippen LogP contribution in [0, 0.1) is 6.92 Å². The molecule has 0 aliphatic carbocycles. The molecule has 0 unspecified atom stereocenters. The van der Waals surface area contributed by atoms with E-state index < -0.39 is 0 Å². The quantitative estimate of drug-likeness (QED) is 0.820. The monoisotopic (exact) mass is 261 g/mol. The molecular weight excluding hydrogens is 242 g/mol. The van der Waals surface area contributed by atoms with Crippen molar-refractivity contribution in [2.24, 2.45) is 0 Å². The van der Waals surface area contributed by atoms with E-state index in [0.29, 0.717) is 6.61 Å². The summed E-state index contributed by atoms with van der Waals surface area (Å²) in [5.74, 6) is 0.943. The van der Waals surface area contributed by atoms with Crippen LogP contribution in [0.25, 0.3) is 0 Å². The molecule has 0 amide bonds. The largest absolute Gasteiger partial charge is 0.486 e. The van der Waals surface area contributed by atoms with Gasteiger partial charge in [-0.05, 0) is 29.5 Å². The van der Waals surface area contributed by atoms with Gasteiger partial charge in [-0.25, -0.2) is 4.98 Å². The fourth-order valence-corrected chi connectivity index (χ4v) is 2.27. The third-order valence-electron chi connectivity index (χ3n) is 2.88. The number of rotatable bonds is 3. The lowest BCUT2D eigenvalue weighted by molar-refractivity contribution is 0.303. The molecule has 0 N–H and O–H groups in total. The first kappa shape index (κ1) is 13.1. The molecule has 0 bridgehead atoms. The van der Waals surface area contributed by atoms with Crippen LogP contribution in [0.5, 0.6) is 5.75 Å². The number of nitrogens with zero attached hydrogens (tertiary/aromatic N) is 1. The lowest BCUT2D eigenvalue weighted by Gasteiger charge is -2.20. The van der Waals surface area contributed by atoms with Gasteiger partial charge in [-0.2, -0.15) is 0 Å². The molecule has 1 aromatic carbocycles. The van der Waals surface area contributed by atoms with Gasteiger partial charge in [0.15, 0.2) is 0 Å². The second-order valence-electron chi connectivity index (χ2n) is 5.44. The summed E-state index contributed by atoms with van der Waals surface area (Å²) < 4.78 is 5.80. The van der Waals surface area contributed by atoms with Gasteiger partial charge in [-0.1, -0.05) is 32.9 Å². The van der Waals surface area contributed by atoms with E-state index in [1.54, 1.807) is 17.5 Å². The van der Waals surface area contributed by atoms with E-state index >= 15 is 0 Å². The summed E-state index contributed by atoms with van der Waals surface area (Å²) in [5.41, 5.74) is 2.69. The van der Waals surface area contributed by atoms with Crippen LogP contribution in [0.2, 0.25) is 0 Å². The first-order chi connectivity index (χ1) is 8.47. The highest BCUT2D eigenvalue weighted by atomic mass is 32.1. The molecule has 3 heteroatoms. The smallest absolute Gasteiger partial charge is 0.140 e. The van der Waals surface area contributed by atoms with Gasteiger partial charge in [-0.15, -0.1) is 11.3 Å². The van der Waals surface area contributed by atoms with E-state index in [4.69, 9.17) is 4.74 Å². The van der Waals surface area contributed by atoms with Crippen LogP contribution in [-0.2, 0) is 12.0 Å². The Morgan fingerprint density at radius 1 is 1.28 bits per heavy atom. The predicted octanol–water partition coefficient (Wildman–Crippen LogP) is 4.33. The Balaban J connectivity index is 2.10. The fraction of sp³-hybridized carbons (Fsp3) is 0.400. The molecule has 0 spiro atoms. The van der Waals surface area contributed by atoms with E-state index in [9.17, 15) is 0 Å². The Morgan fingerprint density at radius 2 is 2.06 bits per heavy atom. The number of aromatic nitrogens is 1. The maximum absolute atomic E-state index is 5.80. The molecular formula is C15H19NOS. The molecule has 2 nitrogen and oxygen atoms in total. The topological polar surface area (TPSA) is 22.1 Å². The maximum Gasteiger partial charge on any atom is 0.140 e. The number of ether oxygens (including phenoxy) is 1. The Kier molecular flexibility index (Phi) is 3.71. The molecule has 0 saturated heterocycles. The van der Waals surface area contributed by atoms with Gasteiger partial charge < -0.3 is 4.74 Å². The summed E-state index contributed by atoms with van der Waals surface area (Å²) in [4.78, 5) is 4.21. The van der Waals surface area contributed by atoms with Crippen LogP contribution in [-0.4, -0.2) is 4.98 Å². The van der Waals surface area contributed by atoms with Crippen LogP contribution in [0.15, 0.2) is 29.8 Å². The standard InChI is InChI=1S/C15H19NOS/c1-11-9-12(15(2,3)4)5-6-13(11)17-10-14-16-7-8-18-14/h5-9H,10H2,1-4H3. The van der Waals surface area contributed by atoms with Gasteiger partial charge in [0.05, 0.1) is 0 Å². The molecule has 96 valence electrons. The van der Waals surface area contributed by atoms with Crippen LogP contribution < -0.4 is 4.74 Å². The predicted molar refractivity (Wildman–Crippen MR) is 76.3 cm³/mol. The highest BCUT2D eigenvalue weighted by Gasteiger charge is 2.14. The van der Waals surface area contributed by atoms with Crippen LogP contribution in [0.3, 0.4) is 0 Å². The fourth-order valence-electron chi connectivity index (χ4n) is 1.74. The van der Waals surface area contributed by atoms with Gasteiger partial charge >= 0.3 is 0 Å². The SMILES string of the molecule is Cc1cc(C(C)(C)C)ccc1OCc1nccs1. The van der Waals surface area contributed by atoms with E-state index in [2.05, 4.69) is 50.9 Å². The molecule has 0 atom stereocenters. The normalized spacial score (nSPS) is 11.6. The van der Waals surface area contributed by atoms with Crippen molar-refractivity contribution in [3.05, 3.63) is 45.9 Å². The second-order valence-corrected chi connectivity index (χ2v) is 6.42. The number of aryl methyl sites for hydroxylation is 1. The van der Waals surface area contributed by atoms with Crippen molar-refractivity contribution in [3.63, 3.8) is 0 Å². The highest BCUT2D eigenvalue weighted by Crippen LogP contribution is 2.28. The Labute approximate surface area is 113 Å². The molecule has 0 aliphatic rings. The van der Waals surface area contributed by atoms with E-state index in [1.807, 2.05) is 5.38 Å². The van der Waals surface area contributed by atoms with Crippen molar-refractivity contribution in [2.75, 3.05) is 0 Å². The van der Waals surface area contributed by atoms with E-state index in [1.165, 1.54) is 11.1 Å². The minimum atomic E-state index is 0.179. The molecule has 0 saturated carbocycles. The van der Waals surface area contributed by atoms with Gasteiger partial charge in [-0.3, -0.25) is 0 Å². The van der Waals surface area contributed by atoms with Gasteiger partial charge in [0, 0.05) is 11.6 Å². The zero-order valence-corrected chi connectivity index (χ0v) is 12.2. The number of hydrogen-bond acceptors (Lipinski definition) is 3. The molecule has 18 heavy (non-hydrogen) atoms. The molecule has 2 rings (SSSR count). The summed E-state index contributed by atoms with van der Waals surface area (Å²) in [7, 11) is 0. The Bertz CT molecular complexity index is 512. The van der Waals surface area contributed by atoms with Crippen molar-refractivity contribution >= 4 is 11.3 Å². The summed E-state index contributed by atoms with van der Waals surface area (Å²) in [6.07, 6.45) is 1.80. The average molecular weight is 261 g/mol. The lowest BCUT2D eigenvalue weighted by Crippen LogP contribution is -2.11. The van der Waals surface area contributed by atoms with Crippen molar-refractivity contribution < 1.29 is 4.74 Å². The number of thiazole rings is 1. The van der Waals surface area contributed by atoms with Crippen LogP contribution in [0.1, 0.15) is 36.9 Å². The van der Waals surface area contributed by atoms with Crippen LogP contribution >= 0.6 is 11.3 Å². The van der Waals surface area contributed by atoms with Crippen LogP contribution in [0.4, 0.5) is 0 Å². The minimum absolute atomic E-state index is 0.179. The number of benzene rings is 1. The zero-order chi connectivity index (χ0) is 13.2. The maximum atomic E-state index is 5.80. The summed E-state index contributed by atoms with van der Waals surface area (Å²) in [6, 6.07) is 6.41. The van der Waals surface area contributed by atoms with E-state index in [0.717, 1.165) is 10.8 Å². The summed E-state index contributed by atoms with van der Waals surface area (Å²) in [5, 5.41) is 2.98. The Hall–Kier alpha value is -1.35. The van der Waals surface area contributed by atoms with E-state index in [-0.39, 0.29) is 5.41 Å². The third-order valence-corrected chi connectivity index (χ3v) is 3.63. The van der Waals surface area contributed by atoms with Gasteiger partial charge in [0.25, 0.3) is 0 Å². The van der Waals surface area contributed by atoms with Gasteiger partial charge in [0.1, 0.15) is 17.4 Å². The molecule has 2 aromatic rings. The summed E-state index contributed by atoms with van der Waals surface area (Å²) >= 11 is 1.62. The molecule has 0 fully saturated rings. The molecule has 1 heterocycles. The minimum Gasteiger partial charge on any atom is -0.486 e. The first-order valence-electron chi connectivity index (χ1n) is 6.09. The zero-order valence-electron chi connectivity index (χ0n) is 11.4.